The van der Waals surface area contributed by atoms with E-state index in [9.17, 15) is 18.0 Å². The van der Waals surface area contributed by atoms with Crippen LogP contribution in [0, 0.1) is 0 Å². The number of nitrogens with one attached hydrogen (secondary N) is 2. The van der Waals surface area contributed by atoms with Gasteiger partial charge in [0, 0.05) is 13.1 Å². The molecule has 2 N–H and O–H groups in total. The SMILES string of the molecule is O=C(NCCc1ccccc1OC(F)(F)F)C1COCCN1. The molecule has 0 aromatic heterocycles. The van der Waals surface area contributed by atoms with Crippen LogP contribution in [0.25, 0.3) is 0 Å². The van der Waals surface area contributed by atoms with Gasteiger partial charge in [-0.25, -0.2) is 0 Å². The van der Waals surface area contributed by atoms with Gasteiger partial charge in [-0.2, -0.15) is 0 Å². The summed E-state index contributed by atoms with van der Waals surface area (Å²) in [6.45, 7) is 1.67. The van der Waals surface area contributed by atoms with Crippen molar-refractivity contribution in [3.63, 3.8) is 0 Å². The average molecular weight is 318 g/mol. The number of hydrogen-bond donors (Lipinski definition) is 2. The summed E-state index contributed by atoms with van der Waals surface area (Å²) in [4.78, 5) is 11.8. The number of alkyl halides is 3. The first-order chi connectivity index (χ1) is 10.5. The molecule has 1 aliphatic heterocycles. The van der Waals surface area contributed by atoms with Crippen molar-refractivity contribution in [2.75, 3.05) is 26.3 Å². The predicted molar refractivity (Wildman–Crippen MR) is 72.4 cm³/mol. The maximum absolute atomic E-state index is 12.3. The van der Waals surface area contributed by atoms with Gasteiger partial charge in [-0.1, -0.05) is 18.2 Å². The molecule has 2 rings (SSSR count). The summed E-state index contributed by atoms with van der Waals surface area (Å²) in [5.74, 6) is -0.475. The number of morpholine rings is 1. The minimum Gasteiger partial charge on any atom is -0.406 e. The van der Waals surface area contributed by atoms with E-state index in [-0.39, 0.29) is 24.6 Å². The molecule has 1 atom stereocenters. The van der Waals surface area contributed by atoms with Crippen molar-refractivity contribution < 1.29 is 27.4 Å². The largest absolute Gasteiger partial charge is 0.573 e. The zero-order valence-electron chi connectivity index (χ0n) is 11.8. The standard InChI is InChI=1S/C14H17F3N2O3/c15-14(16,17)22-12-4-2-1-3-10(12)5-6-19-13(20)11-9-21-8-7-18-11/h1-4,11,18H,5-9H2,(H,19,20). The molecule has 0 spiro atoms. The smallest absolute Gasteiger partial charge is 0.406 e. The zero-order valence-corrected chi connectivity index (χ0v) is 11.8. The molecule has 5 nitrogen and oxygen atoms in total. The maximum Gasteiger partial charge on any atom is 0.573 e. The van der Waals surface area contributed by atoms with E-state index in [4.69, 9.17) is 4.74 Å². The number of carbonyl (C=O) groups excluding carboxylic acids is 1. The topological polar surface area (TPSA) is 59.6 Å². The minimum absolute atomic E-state index is 0.218. The fraction of sp³-hybridized carbons (Fsp3) is 0.500. The third kappa shape index (κ3) is 5.19. The highest BCUT2D eigenvalue weighted by Crippen LogP contribution is 2.26. The molecule has 1 saturated heterocycles. The Morgan fingerprint density at radius 3 is 2.86 bits per heavy atom. The fourth-order valence-corrected chi connectivity index (χ4v) is 2.11. The third-order valence-corrected chi connectivity index (χ3v) is 3.13. The summed E-state index contributed by atoms with van der Waals surface area (Å²) in [5, 5.41) is 5.67. The van der Waals surface area contributed by atoms with Gasteiger partial charge in [0.2, 0.25) is 5.91 Å². The van der Waals surface area contributed by atoms with Crippen molar-refractivity contribution >= 4 is 5.91 Å². The summed E-state index contributed by atoms with van der Waals surface area (Å²) in [6.07, 6.45) is -4.49. The molecule has 1 unspecified atom stereocenters. The first kappa shape index (κ1) is 16.6. The van der Waals surface area contributed by atoms with Crippen molar-refractivity contribution in [2.45, 2.75) is 18.8 Å². The van der Waals surface area contributed by atoms with Gasteiger partial charge in [-0.05, 0) is 18.1 Å². The van der Waals surface area contributed by atoms with Crippen molar-refractivity contribution in [3.8, 4) is 5.75 Å². The highest BCUT2D eigenvalue weighted by Gasteiger charge is 2.31. The van der Waals surface area contributed by atoms with Gasteiger partial charge < -0.3 is 20.1 Å². The van der Waals surface area contributed by atoms with Gasteiger partial charge in [0.25, 0.3) is 0 Å². The Kier molecular flexibility index (Phi) is 5.62. The highest BCUT2D eigenvalue weighted by atomic mass is 19.4. The Balaban J connectivity index is 1.85. The number of hydrogen-bond acceptors (Lipinski definition) is 4. The fourth-order valence-electron chi connectivity index (χ4n) is 2.11. The lowest BCUT2D eigenvalue weighted by molar-refractivity contribution is -0.274. The van der Waals surface area contributed by atoms with Crippen LogP contribution in [-0.4, -0.2) is 44.6 Å². The number of benzene rings is 1. The van der Waals surface area contributed by atoms with E-state index < -0.39 is 12.4 Å². The monoisotopic (exact) mass is 318 g/mol. The third-order valence-electron chi connectivity index (χ3n) is 3.13. The second-order valence-electron chi connectivity index (χ2n) is 4.78. The molecule has 1 aromatic carbocycles. The lowest BCUT2D eigenvalue weighted by Gasteiger charge is -2.23. The van der Waals surface area contributed by atoms with E-state index >= 15 is 0 Å². The molecule has 1 aliphatic rings. The van der Waals surface area contributed by atoms with E-state index in [1.807, 2.05) is 0 Å². The molecule has 0 bridgehead atoms. The first-order valence-electron chi connectivity index (χ1n) is 6.88. The minimum atomic E-state index is -4.73. The predicted octanol–water partition coefficient (Wildman–Crippen LogP) is 1.23. The zero-order chi connectivity index (χ0) is 16.0. The Morgan fingerprint density at radius 2 is 2.18 bits per heavy atom. The maximum atomic E-state index is 12.3. The molecule has 1 aromatic rings. The number of amides is 1. The molecule has 122 valence electrons. The van der Waals surface area contributed by atoms with Crippen LogP contribution in [0.5, 0.6) is 5.75 Å². The van der Waals surface area contributed by atoms with E-state index in [2.05, 4.69) is 15.4 Å². The van der Waals surface area contributed by atoms with Crippen LogP contribution in [0.15, 0.2) is 24.3 Å². The van der Waals surface area contributed by atoms with E-state index in [1.54, 1.807) is 6.07 Å². The van der Waals surface area contributed by atoms with Crippen molar-refractivity contribution in [1.82, 2.24) is 10.6 Å². The molecule has 0 saturated carbocycles. The number of ether oxygens (including phenoxy) is 2. The van der Waals surface area contributed by atoms with E-state index in [0.29, 0.717) is 25.3 Å². The van der Waals surface area contributed by atoms with E-state index in [0.717, 1.165) is 0 Å². The van der Waals surface area contributed by atoms with Crippen LogP contribution < -0.4 is 15.4 Å². The molecule has 1 fully saturated rings. The molecule has 22 heavy (non-hydrogen) atoms. The van der Waals surface area contributed by atoms with Gasteiger partial charge in [0.15, 0.2) is 0 Å². The van der Waals surface area contributed by atoms with Crippen molar-refractivity contribution in [1.29, 1.82) is 0 Å². The number of rotatable bonds is 5. The quantitative estimate of drug-likeness (QED) is 0.857. The van der Waals surface area contributed by atoms with Gasteiger partial charge in [-0.3, -0.25) is 4.79 Å². The average Bonchev–Trinajstić information content (AvgIpc) is 2.48. The normalized spacial score (nSPS) is 18.8. The number of carbonyl (C=O) groups is 1. The molecule has 1 heterocycles. The molecule has 8 heteroatoms. The van der Waals surface area contributed by atoms with Gasteiger partial charge in [0.1, 0.15) is 11.8 Å². The molecule has 0 aliphatic carbocycles. The lowest BCUT2D eigenvalue weighted by atomic mass is 10.1. The van der Waals surface area contributed by atoms with Gasteiger partial charge in [0.05, 0.1) is 13.2 Å². The van der Waals surface area contributed by atoms with Crippen molar-refractivity contribution in [3.05, 3.63) is 29.8 Å². The Bertz CT molecular complexity index is 502. The van der Waals surface area contributed by atoms with Crippen LogP contribution >= 0.6 is 0 Å². The van der Waals surface area contributed by atoms with Gasteiger partial charge in [-0.15, -0.1) is 13.2 Å². The molecular weight excluding hydrogens is 301 g/mol. The summed E-state index contributed by atoms with van der Waals surface area (Å²) in [6, 6.07) is 5.45. The summed E-state index contributed by atoms with van der Waals surface area (Å²) < 4.78 is 46.0. The lowest BCUT2D eigenvalue weighted by Crippen LogP contribution is -2.51. The first-order valence-corrected chi connectivity index (χ1v) is 6.88. The second kappa shape index (κ2) is 7.46. The highest BCUT2D eigenvalue weighted by molar-refractivity contribution is 5.81. The molecule has 1 amide bonds. The molecule has 0 radical (unpaired) electrons. The summed E-state index contributed by atoms with van der Waals surface area (Å²) >= 11 is 0. The summed E-state index contributed by atoms with van der Waals surface area (Å²) in [7, 11) is 0. The van der Waals surface area contributed by atoms with E-state index in [1.165, 1.54) is 18.2 Å². The van der Waals surface area contributed by atoms with Crippen LogP contribution in [0.2, 0.25) is 0 Å². The summed E-state index contributed by atoms with van der Waals surface area (Å²) in [5.41, 5.74) is 0.382. The van der Waals surface area contributed by atoms with Crippen LogP contribution in [0.4, 0.5) is 13.2 Å². The second-order valence-corrected chi connectivity index (χ2v) is 4.78. The van der Waals surface area contributed by atoms with Crippen molar-refractivity contribution in [2.24, 2.45) is 0 Å². The van der Waals surface area contributed by atoms with Crippen LogP contribution in [-0.2, 0) is 16.0 Å². The molecular formula is C14H17F3N2O3. The Morgan fingerprint density at radius 1 is 1.41 bits per heavy atom. The number of halogens is 3. The van der Waals surface area contributed by atoms with Crippen LogP contribution in [0.1, 0.15) is 5.56 Å². The Hall–Kier alpha value is -1.80. The van der Waals surface area contributed by atoms with Crippen LogP contribution in [0.3, 0.4) is 0 Å². The van der Waals surface area contributed by atoms with Gasteiger partial charge >= 0.3 is 6.36 Å². The Labute approximate surface area is 125 Å². The number of para-hydroxylation sites is 1.